The molecule has 0 unspecified atom stereocenters. The Morgan fingerprint density at radius 2 is 2.12 bits per heavy atom. The minimum absolute atomic E-state index is 0.562. The third-order valence-electron chi connectivity index (χ3n) is 3.20. The smallest absolute Gasteiger partial charge is 0.140 e. The maximum Gasteiger partial charge on any atom is 0.140 e. The predicted octanol–water partition coefficient (Wildman–Crippen LogP) is -0.320. The van der Waals surface area contributed by atoms with E-state index in [4.69, 9.17) is 0 Å². The highest BCUT2D eigenvalue weighted by atomic mass is 127. The Bertz CT molecular complexity index is 383. The molecule has 0 amide bonds. The van der Waals surface area contributed by atoms with Crippen LogP contribution in [0, 0.1) is 3.57 Å². The SMILES string of the molecule is O=C([O-])[C@@]1(Cc2ccc(I)cc2)CCC[NH2+]1. The number of hydrogen-bond donors (Lipinski definition) is 1. The summed E-state index contributed by atoms with van der Waals surface area (Å²) in [4.78, 5) is 11.3. The fourth-order valence-corrected chi connectivity index (χ4v) is 2.64. The van der Waals surface area contributed by atoms with Crippen molar-refractivity contribution in [1.82, 2.24) is 0 Å². The first-order chi connectivity index (χ1) is 7.62. The summed E-state index contributed by atoms with van der Waals surface area (Å²) in [5.41, 5.74) is 0.343. The van der Waals surface area contributed by atoms with Gasteiger partial charge >= 0.3 is 0 Å². The summed E-state index contributed by atoms with van der Waals surface area (Å²) >= 11 is 2.24. The third-order valence-corrected chi connectivity index (χ3v) is 3.92. The molecule has 3 nitrogen and oxygen atoms in total. The molecule has 0 radical (unpaired) electrons. The molecule has 1 aliphatic rings. The molecular formula is C12H14INO2. The summed E-state index contributed by atoms with van der Waals surface area (Å²) in [6, 6.07) is 8.01. The van der Waals surface area contributed by atoms with E-state index in [2.05, 4.69) is 22.6 Å². The normalized spacial score (nSPS) is 24.6. The Hall–Kier alpha value is -0.620. The predicted molar refractivity (Wildman–Crippen MR) is 66.6 cm³/mol. The van der Waals surface area contributed by atoms with Crippen molar-refractivity contribution in [2.24, 2.45) is 0 Å². The molecule has 1 fully saturated rings. The first-order valence-electron chi connectivity index (χ1n) is 5.43. The molecule has 16 heavy (non-hydrogen) atoms. The van der Waals surface area contributed by atoms with Crippen molar-refractivity contribution < 1.29 is 15.2 Å². The van der Waals surface area contributed by atoms with Gasteiger partial charge in [0.2, 0.25) is 0 Å². The van der Waals surface area contributed by atoms with Crippen LogP contribution in [0.25, 0.3) is 0 Å². The fourth-order valence-electron chi connectivity index (χ4n) is 2.28. The van der Waals surface area contributed by atoms with Gasteiger partial charge in [0.25, 0.3) is 0 Å². The highest BCUT2D eigenvalue weighted by molar-refractivity contribution is 14.1. The molecule has 1 atom stereocenters. The number of carboxylic acids is 1. The summed E-state index contributed by atoms with van der Waals surface area (Å²) in [5, 5.41) is 13.2. The van der Waals surface area contributed by atoms with E-state index in [9.17, 15) is 9.90 Å². The molecule has 4 heteroatoms. The van der Waals surface area contributed by atoms with Gasteiger partial charge in [-0.3, -0.25) is 0 Å². The molecule has 0 bridgehead atoms. The molecular weight excluding hydrogens is 317 g/mol. The zero-order valence-corrected chi connectivity index (χ0v) is 11.1. The maximum atomic E-state index is 11.3. The molecule has 1 heterocycles. The number of aliphatic carboxylic acids is 1. The Balaban J connectivity index is 2.18. The van der Waals surface area contributed by atoms with Gasteiger partial charge < -0.3 is 15.2 Å². The molecule has 1 aromatic rings. The van der Waals surface area contributed by atoms with Crippen LogP contribution in [0.1, 0.15) is 18.4 Å². The largest absolute Gasteiger partial charge is 0.544 e. The van der Waals surface area contributed by atoms with Gasteiger partial charge in [-0.05, 0) is 40.3 Å². The Labute approximate surface area is 108 Å². The van der Waals surface area contributed by atoms with Crippen LogP contribution < -0.4 is 10.4 Å². The quantitative estimate of drug-likeness (QED) is 0.772. The zero-order chi connectivity index (χ0) is 11.6. The number of carbonyl (C=O) groups is 1. The Kier molecular flexibility index (Phi) is 3.49. The van der Waals surface area contributed by atoms with Gasteiger partial charge in [-0.25, -0.2) is 0 Å². The lowest BCUT2D eigenvalue weighted by Crippen LogP contribution is -2.97. The molecule has 0 aliphatic carbocycles. The van der Waals surface area contributed by atoms with Gasteiger partial charge in [-0.15, -0.1) is 0 Å². The van der Waals surface area contributed by atoms with E-state index in [-0.39, 0.29) is 0 Å². The van der Waals surface area contributed by atoms with Crippen molar-refractivity contribution in [3.8, 4) is 0 Å². The number of carbonyl (C=O) groups excluding carboxylic acids is 1. The van der Waals surface area contributed by atoms with E-state index in [0.29, 0.717) is 12.8 Å². The molecule has 0 saturated carbocycles. The molecule has 0 spiro atoms. The van der Waals surface area contributed by atoms with E-state index in [1.807, 2.05) is 29.6 Å². The van der Waals surface area contributed by atoms with Crippen LogP contribution in [0.15, 0.2) is 24.3 Å². The van der Waals surface area contributed by atoms with E-state index in [1.54, 1.807) is 0 Å². The summed E-state index contributed by atoms with van der Waals surface area (Å²) in [5.74, 6) is -0.927. The van der Waals surface area contributed by atoms with Gasteiger partial charge in [0.1, 0.15) is 11.5 Å². The topological polar surface area (TPSA) is 56.7 Å². The molecule has 1 aromatic carbocycles. The van der Waals surface area contributed by atoms with Gasteiger partial charge in [0.15, 0.2) is 0 Å². The summed E-state index contributed by atoms with van der Waals surface area (Å²) in [7, 11) is 0. The van der Waals surface area contributed by atoms with E-state index >= 15 is 0 Å². The number of nitrogens with two attached hydrogens (primary N) is 1. The Morgan fingerprint density at radius 3 is 2.62 bits per heavy atom. The molecule has 2 N–H and O–H groups in total. The van der Waals surface area contributed by atoms with E-state index in [1.165, 1.54) is 3.57 Å². The second-order valence-corrected chi connectivity index (χ2v) is 5.59. The highest BCUT2D eigenvalue weighted by Crippen LogP contribution is 2.19. The van der Waals surface area contributed by atoms with Crippen molar-refractivity contribution in [3.05, 3.63) is 33.4 Å². The number of quaternary nitrogens is 1. The van der Waals surface area contributed by atoms with Crippen molar-refractivity contribution in [1.29, 1.82) is 0 Å². The van der Waals surface area contributed by atoms with Crippen LogP contribution in [0.4, 0.5) is 0 Å². The number of halogens is 1. The van der Waals surface area contributed by atoms with Crippen LogP contribution in [-0.4, -0.2) is 18.1 Å². The lowest BCUT2D eigenvalue weighted by Gasteiger charge is -2.27. The Morgan fingerprint density at radius 1 is 1.44 bits per heavy atom. The van der Waals surface area contributed by atoms with Crippen molar-refractivity contribution in [3.63, 3.8) is 0 Å². The lowest BCUT2D eigenvalue weighted by molar-refractivity contribution is -0.700. The summed E-state index contributed by atoms with van der Waals surface area (Å²) < 4.78 is 1.17. The molecule has 1 aliphatic heterocycles. The van der Waals surface area contributed by atoms with Crippen LogP contribution >= 0.6 is 22.6 Å². The number of rotatable bonds is 3. The van der Waals surface area contributed by atoms with Gasteiger partial charge in [0.05, 0.1) is 6.54 Å². The van der Waals surface area contributed by atoms with E-state index in [0.717, 1.165) is 18.5 Å². The van der Waals surface area contributed by atoms with Crippen LogP contribution in [0.3, 0.4) is 0 Å². The fraction of sp³-hybridized carbons (Fsp3) is 0.417. The third kappa shape index (κ3) is 2.38. The molecule has 2 rings (SSSR count). The second-order valence-electron chi connectivity index (χ2n) is 4.34. The highest BCUT2D eigenvalue weighted by Gasteiger charge is 2.39. The molecule has 86 valence electrons. The minimum Gasteiger partial charge on any atom is -0.544 e. The van der Waals surface area contributed by atoms with Crippen molar-refractivity contribution in [2.75, 3.05) is 6.54 Å². The second kappa shape index (κ2) is 4.71. The molecule has 1 saturated heterocycles. The first-order valence-corrected chi connectivity index (χ1v) is 6.50. The van der Waals surface area contributed by atoms with Gasteiger partial charge in [-0.2, -0.15) is 0 Å². The number of hydrogen-bond acceptors (Lipinski definition) is 2. The maximum absolute atomic E-state index is 11.3. The minimum atomic E-state index is -0.927. The summed E-state index contributed by atoms with van der Waals surface area (Å²) in [6.07, 6.45) is 2.23. The van der Waals surface area contributed by atoms with Gasteiger partial charge in [0, 0.05) is 22.8 Å². The van der Waals surface area contributed by atoms with Crippen molar-refractivity contribution in [2.45, 2.75) is 24.8 Å². The zero-order valence-electron chi connectivity index (χ0n) is 8.91. The van der Waals surface area contributed by atoms with Crippen LogP contribution in [0.5, 0.6) is 0 Å². The van der Waals surface area contributed by atoms with Crippen molar-refractivity contribution >= 4 is 28.6 Å². The van der Waals surface area contributed by atoms with Crippen LogP contribution in [0.2, 0.25) is 0 Å². The summed E-state index contributed by atoms with van der Waals surface area (Å²) in [6.45, 7) is 0.887. The standard InChI is InChI=1S/C12H14INO2/c13-10-4-2-9(3-5-10)8-12(11(15)16)6-1-7-14-12/h2-5,14H,1,6-8H2,(H,15,16)/t12-/m0/s1. The number of carboxylic acid groups (broad SMARTS) is 1. The lowest BCUT2D eigenvalue weighted by atomic mass is 9.89. The molecule has 0 aromatic heterocycles. The van der Waals surface area contributed by atoms with Crippen LogP contribution in [-0.2, 0) is 11.2 Å². The first kappa shape index (κ1) is 11.9. The van der Waals surface area contributed by atoms with Gasteiger partial charge in [-0.1, -0.05) is 12.1 Å². The average Bonchev–Trinajstić information content (AvgIpc) is 2.71. The number of benzene rings is 1. The monoisotopic (exact) mass is 331 g/mol. The average molecular weight is 331 g/mol. The van der Waals surface area contributed by atoms with E-state index < -0.39 is 11.5 Å².